The van der Waals surface area contributed by atoms with Crippen molar-refractivity contribution in [3.63, 3.8) is 0 Å². The summed E-state index contributed by atoms with van der Waals surface area (Å²) < 4.78 is 32.4. The molecule has 4 aromatic heterocycles. The summed E-state index contributed by atoms with van der Waals surface area (Å²) in [7, 11) is 0. The Balaban J connectivity index is 0.000000171. The number of nitrogens with two attached hydrogens (primary N) is 2. The lowest BCUT2D eigenvalue weighted by atomic mass is 10.1. The Labute approximate surface area is 347 Å². The van der Waals surface area contributed by atoms with Crippen molar-refractivity contribution in [1.29, 1.82) is 0 Å². The SMILES string of the molecule is CC(=O)N1CC(NC(=O)c2cnc(N)c3nc(-c4cccc(F)c4)ccc23)C1.Nc1ncc(C(=O)NC2CN(C(=O)N3CCOCC3)C2)c2ccc(-c3cccc(F)c3)nc12. The first kappa shape index (κ1) is 40.4. The van der Waals surface area contributed by atoms with Crippen molar-refractivity contribution >= 4 is 57.2 Å². The highest BCUT2D eigenvalue weighted by atomic mass is 19.1. The summed E-state index contributed by atoms with van der Waals surface area (Å²) in [4.78, 5) is 71.8. The number of anilines is 2. The number of benzene rings is 2. The van der Waals surface area contributed by atoms with E-state index in [-0.39, 0.29) is 59.1 Å². The first-order chi connectivity index (χ1) is 29.4. The zero-order valence-electron chi connectivity index (χ0n) is 33.0. The van der Waals surface area contributed by atoms with Crippen LogP contribution in [-0.2, 0) is 9.53 Å². The van der Waals surface area contributed by atoms with Crippen LogP contribution in [0.15, 0.2) is 85.2 Å². The number of nitrogens with one attached hydrogen (secondary N) is 2. The molecule has 2 aromatic carbocycles. The molecule has 3 aliphatic heterocycles. The molecule has 0 aliphatic carbocycles. The normalized spacial score (nSPS) is 15.4. The summed E-state index contributed by atoms with van der Waals surface area (Å²) in [6, 6.07) is 18.8. The molecule has 18 heteroatoms. The predicted octanol–water partition coefficient (Wildman–Crippen LogP) is 3.86. The van der Waals surface area contributed by atoms with Crippen molar-refractivity contribution in [3.05, 3.63) is 108 Å². The third-order valence-corrected chi connectivity index (χ3v) is 10.7. The van der Waals surface area contributed by atoms with Crippen LogP contribution in [0.4, 0.5) is 25.2 Å². The molecule has 0 radical (unpaired) electrons. The van der Waals surface area contributed by atoms with E-state index in [1.165, 1.54) is 43.6 Å². The van der Waals surface area contributed by atoms with Crippen molar-refractivity contribution < 1.29 is 32.7 Å². The molecule has 0 saturated carbocycles. The van der Waals surface area contributed by atoms with Crippen LogP contribution in [0.5, 0.6) is 0 Å². The van der Waals surface area contributed by atoms with E-state index in [0.717, 1.165) is 0 Å². The van der Waals surface area contributed by atoms with Gasteiger partial charge in [-0.25, -0.2) is 33.5 Å². The maximum Gasteiger partial charge on any atom is 0.320 e. The fraction of sp³-hybridized carbons (Fsp3) is 0.256. The number of rotatable bonds is 6. The molecule has 3 fully saturated rings. The van der Waals surface area contributed by atoms with Gasteiger partial charge >= 0.3 is 6.03 Å². The first-order valence-corrected chi connectivity index (χ1v) is 19.5. The number of likely N-dealkylation sites (tertiary alicyclic amines) is 2. The van der Waals surface area contributed by atoms with E-state index in [2.05, 4.69) is 30.6 Å². The number of urea groups is 1. The number of hydrogen-bond acceptors (Lipinski definition) is 11. The van der Waals surface area contributed by atoms with Crippen molar-refractivity contribution in [2.75, 3.05) is 63.9 Å². The molecule has 16 nitrogen and oxygen atoms in total. The van der Waals surface area contributed by atoms with Crippen molar-refractivity contribution in [1.82, 2.24) is 45.3 Å². The summed E-state index contributed by atoms with van der Waals surface area (Å²) in [5.41, 5.74) is 15.7. The molecule has 6 aromatic rings. The number of fused-ring (bicyclic) bond motifs is 2. The molecule has 312 valence electrons. The molecule has 61 heavy (non-hydrogen) atoms. The molecule has 0 bridgehead atoms. The first-order valence-electron chi connectivity index (χ1n) is 19.5. The van der Waals surface area contributed by atoms with Gasteiger partial charge in [0.25, 0.3) is 11.8 Å². The second-order valence-corrected chi connectivity index (χ2v) is 14.9. The third-order valence-electron chi connectivity index (χ3n) is 10.7. The van der Waals surface area contributed by atoms with E-state index >= 15 is 0 Å². The van der Waals surface area contributed by atoms with Crippen LogP contribution in [0.3, 0.4) is 0 Å². The van der Waals surface area contributed by atoms with Gasteiger partial charge in [-0.15, -0.1) is 0 Å². The fourth-order valence-corrected chi connectivity index (χ4v) is 7.29. The Morgan fingerprint density at radius 2 is 1.11 bits per heavy atom. The summed E-state index contributed by atoms with van der Waals surface area (Å²) in [5, 5.41) is 6.96. The Bertz CT molecular complexity index is 2680. The van der Waals surface area contributed by atoms with Gasteiger partial charge < -0.3 is 41.5 Å². The van der Waals surface area contributed by atoms with Crippen LogP contribution in [0.25, 0.3) is 44.3 Å². The summed E-state index contributed by atoms with van der Waals surface area (Å²) >= 11 is 0. The van der Waals surface area contributed by atoms with Gasteiger partial charge in [0, 0.05) is 80.5 Å². The molecule has 7 heterocycles. The van der Waals surface area contributed by atoms with E-state index in [9.17, 15) is 28.0 Å². The van der Waals surface area contributed by atoms with Gasteiger partial charge in [0.15, 0.2) is 0 Å². The lowest BCUT2D eigenvalue weighted by molar-refractivity contribution is -0.133. The average Bonchev–Trinajstić information content (AvgIpc) is 3.23. The molecule has 0 unspecified atom stereocenters. The second-order valence-electron chi connectivity index (χ2n) is 14.9. The number of hydrogen-bond donors (Lipinski definition) is 4. The predicted molar refractivity (Wildman–Crippen MR) is 223 cm³/mol. The van der Waals surface area contributed by atoms with E-state index in [4.69, 9.17) is 16.2 Å². The van der Waals surface area contributed by atoms with Gasteiger partial charge in [0.05, 0.1) is 47.8 Å². The van der Waals surface area contributed by atoms with Gasteiger partial charge in [0.2, 0.25) is 5.91 Å². The van der Waals surface area contributed by atoms with Crippen LogP contribution in [0.1, 0.15) is 27.6 Å². The Hall–Kier alpha value is -7.34. The topological polar surface area (TPSA) is 215 Å². The lowest BCUT2D eigenvalue weighted by Gasteiger charge is -2.42. The summed E-state index contributed by atoms with van der Waals surface area (Å²) in [6.45, 7) is 5.64. The van der Waals surface area contributed by atoms with Crippen LogP contribution >= 0.6 is 0 Å². The highest BCUT2D eigenvalue weighted by Gasteiger charge is 2.35. The average molecular weight is 830 g/mol. The molecule has 0 spiro atoms. The minimum absolute atomic E-state index is 0.0146. The fourth-order valence-electron chi connectivity index (χ4n) is 7.29. The number of aromatic nitrogens is 4. The zero-order valence-corrected chi connectivity index (χ0v) is 33.0. The number of carbonyl (C=O) groups is 4. The Morgan fingerprint density at radius 3 is 1.56 bits per heavy atom. The zero-order chi connectivity index (χ0) is 42.8. The number of ether oxygens (including phenoxy) is 1. The molecule has 5 amide bonds. The molecular formula is C43H41F2N11O5. The smallest absolute Gasteiger partial charge is 0.320 e. The number of morpholine rings is 1. The monoisotopic (exact) mass is 829 g/mol. The quantitative estimate of drug-likeness (QED) is 0.189. The van der Waals surface area contributed by atoms with Crippen LogP contribution in [-0.4, -0.2) is 123 Å². The maximum absolute atomic E-state index is 13.6. The molecular weight excluding hydrogens is 789 g/mol. The van der Waals surface area contributed by atoms with Gasteiger partial charge in [-0.3, -0.25) is 14.4 Å². The molecule has 3 aliphatic rings. The van der Waals surface area contributed by atoms with Gasteiger partial charge in [-0.05, 0) is 48.5 Å². The number of halogens is 2. The third kappa shape index (κ3) is 8.70. The minimum Gasteiger partial charge on any atom is -0.382 e. The van der Waals surface area contributed by atoms with Crippen molar-refractivity contribution in [3.8, 4) is 22.5 Å². The van der Waals surface area contributed by atoms with Crippen molar-refractivity contribution in [2.24, 2.45) is 0 Å². The standard InChI is InChI=1S/C23H23FN6O3.C20H18FN5O2/c24-15-3-1-2-14(10-15)19-5-4-17-18(11-26-21(25)20(17)28-19)22(31)27-16-12-30(13-16)23(32)29-6-8-33-9-7-29;1-11(27)26-9-14(10-26)24-20(28)16-8-23-19(22)18-15(16)5-6-17(25-18)12-3-2-4-13(21)7-12/h1-5,10-11,16H,6-9,12-13H2,(H2,25,26)(H,27,31);2-8,14H,9-10H2,1H3,(H2,22,23)(H,24,28). The molecule has 9 rings (SSSR count). The van der Waals surface area contributed by atoms with E-state index in [0.29, 0.717) is 108 Å². The van der Waals surface area contributed by atoms with Crippen LogP contribution < -0.4 is 22.1 Å². The summed E-state index contributed by atoms with van der Waals surface area (Å²) in [5.74, 6) is -0.975. The highest BCUT2D eigenvalue weighted by molar-refractivity contribution is 6.09. The number of pyridine rings is 4. The van der Waals surface area contributed by atoms with Crippen LogP contribution in [0.2, 0.25) is 0 Å². The highest BCUT2D eigenvalue weighted by Crippen LogP contribution is 2.28. The molecule has 0 atom stereocenters. The van der Waals surface area contributed by atoms with Gasteiger partial charge in [-0.1, -0.05) is 24.3 Å². The number of carbonyl (C=O) groups excluding carboxylic acids is 4. The van der Waals surface area contributed by atoms with E-state index in [1.54, 1.807) is 63.2 Å². The van der Waals surface area contributed by atoms with Crippen LogP contribution in [0, 0.1) is 11.6 Å². The molecule has 6 N–H and O–H groups in total. The second kappa shape index (κ2) is 17.1. The Morgan fingerprint density at radius 1 is 0.656 bits per heavy atom. The summed E-state index contributed by atoms with van der Waals surface area (Å²) in [6.07, 6.45) is 2.84. The Kier molecular flexibility index (Phi) is 11.3. The molecule has 3 saturated heterocycles. The van der Waals surface area contributed by atoms with Gasteiger partial charge in [-0.2, -0.15) is 0 Å². The number of amides is 5. The number of nitrogens with zero attached hydrogens (tertiary/aromatic N) is 7. The van der Waals surface area contributed by atoms with E-state index in [1.807, 2.05) is 0 Å². The van der Waals surface area contributed by atoms with Gasteiger partial charge in [0.1, 0.15) is 34.3 Å². The maximum atomic E-state index is 13.6. The van der Waals surface area contributed by atoms with Crippen molar-refractivity contribution in [2.45, 2.75) is 19.0 Å². The largest absolute Gasteiger partial charge is 0.382 e. The van der Waals surface area contributed by atoms with E-state index < -0.39 is 0 Å². The minimum atomic E-state index is -0.365. The lowest BCUT2D eigenvalue weighted by Crippen LogP contribution is -2.64. The number of nitrogen functional groups attached to an aromatic ring is 2.